The highest BCUT2D eigenvalue weighted by Gasteiger charge is 2.00. The van der Waals surface area contributed by atoms with Crippen LogP contribution in [0.4, 0.5) is 5.69 Å². The van der Waals surface area contributed by atoms with Gasteiger partial charge in [0.1, 0.15) is 11.5 Å². The lowest BCUT2D eigenvalue weighted by molar-refractivity contribution is 0.339. The molecule has 0 saturated carbocycles. The van der Waals surface area contributed by atoms with Crippen molar-refractivity contribution >= 4 is 24.5 Å². The Labute approximate surface area is 118 Å². The van der Waals surface area contributed by atoms with Crippen LogP contribution < -0.4 is 4.74 Å². The Kier molecular flexibility index (Phi) is 4.47. The molecule has 0 radical (unpaired) electrons. The lowest BCUT2D eigenvalue weighted by atomic mass is 10.2. The van der Waals surface area contributed by atoms with E-state index in [2.05, 4.69) is 17.6 Å². The van der Waals surface area contributed by atoms with Crippen molar-refractivity contribution in [2.45, 2.75) is 11.8 Å². The number of thiol groups is 1. The van der Waals surface area contributed by atoms with E-state index in [-0.39, 0.29) is 5.75 Å². The molecule has 1 N–H and O–H groups in total. The molecule has 0 aliphatic carbocycles. The first-order valence-electron chi connectivity index (χ1n) is 5.98. The lowest BCUT2D eigenvalue weighted by Gasteiger charge is -2.05. The molecule has 0 fully saturated rings. The number of hydrogen-bond acceptors (Lipinski definition) is 4. The summed E-state index contributed by atoms with van der Waals surface area (Å²) in [6.07, 6.45) is 1.62. The molecular weight excluding hydrogens is 258 g/mol. The first kappa shape index (κ1) is 13.5. The SMILES string of the molecule is CCOc1ccc(N=Cc2ccccc2O)c(S)c1. The number of benzene rings is 2. The summed E-state index contributed by atoms with van der Waals surface area (Å²) in [6, 6.07) is 12.6. The summed E-state index contributed by atoms with van der Waals surface area (Å²) in [6.45, 7) is 2.55. The minimum atomic E-state index is 0.206. The van der Waals surface area contributed by atoms with Gasteiger partial charge in [-0.05, 0) is 37.3 Å². The molecule has 2 aromatic carbocycles. The molecule has 0 saturated heterocycles. The van der Waals surface area contributed by atoms with Gasteiger partial charge >= 0.3 is 0 Å². The van der Waals surface area contributed by atoms with Gasteiger partial charge in [-0.2, -0.15) is 0 Å². The topological polar surface area (TPSA) is 41.8 Å². The first-order chi connectivity index (χ1) is 9.20. The molecule has 98 valence electrons. The van der Waals surface area contributed by atoms with Gasteiger partial charge in [-0.3, -0.25) is 4.99 Å². The monoisotopic (exact) mass is 273 g/mol. The molecule has 2 aromatic rings. The molecule has 4 heteroatoms. The van der Waals surface area contributed by atoms with Crippen molar-refractivity contribution in [2.75, 3.05) is 6.61 Å². The molecule has 2 rings (SSSR count). The second-order valence-electron chi connectivity index (χ2n) is 3.90. The Morgan fingerprint density at radius 3 is 2.74 bits per heavy atom. The maximum absolute atomic E-state index is 9.64. The smallest absolute Gasteiger partial charge is 0.124 e. The van der Waals surface area contributed by atoms with Gasteiger partial charge < -0.3 is 9.84 Å². The number of para-hydroxylation sites is 1. The van der Waals surface area contributed by atoms with Gasteiger partial charge in [-0.15, -0.1) is 12.6 Å². The van der Waals surface area contributed by atoms with Gasteiger partial charge in [0.05, 0.1) is 12.3 Å². The molecule has 0 unspecified atom stereocenters. The average Bonchev–Trinajstić information content (AvgIpc) is 2.40. The third-order valence-corrected chi connectivity index (χ3v) is 2.90. The Morgan fingerprint density at radius 2 is 2.05 bits per heavy atom. The molecule has 0 aliphatic rings. The van der Waals surface area contributed by atoms with Crippen molar-refractivity contribution in [3.8, 4) is 11.5 Å². The minimum Gasteiger partial charge on any atom is -0.507 e. The summed E-state index contributed by atoms with van der Waals surface area (Å²) >= 11 is 4.38. The highest BCUT2D eigenvalue weighted by atomic mass is 32.1. The predicted molar refractivity (Wildman–Crippen MR) is 80.2 cm³/mol. The number of hydrogen-bond donors (Lipinski definition) is 2. The Hall–Kier alpha value is -1.94. The van der Waals surface area contributed by atoms with E-state index in [1.54, 1.807) is 24.4 Å². The van der Waals surface area contributed by atoms with E-state index in [0.29, 0.717) is 12.2 Å². The molecule has 0 spiro atoms. The minimum absolute atomic E-state index is 0.206. The van der Waals surface area contributed by atoms with Crippen molar-refractivity contribution in [3.63, 3.8) is 0 Å². The molecule has 0 atom stereocenters. The van der Waals surface area contributed by atoms with Gasteiger partial charge in [-0.25, -0.2) is 0 Å². The Bertz CT molecular complexity index is 596. The van der Waals surface area contributed by atoms with Gasteiger partial charge in [-0.1, -0.05) is 12.1 Å². The third kappa shape index (κ3) is 3.51. The van der Waals surface area contributed by atoms with Crippen LogP contribution in [0.25, 0.3) is 0 Å². The van der Waals surface area contributed by atoms with Crippen LogP contribution in [0.15, 0.2) is 52.4 Å². The average molecular weight is 273 g/mol. The van der Waals surface area contributed by atoms with E-state index in [9.17, 15) is 5.11 Å². The van der Waals surface area contributed by atoms with Crippen LogP contribution in [0.3, 0.4) is 0 Å². The van der Waals surface area contributed by atoms with Crippen molar-refractivity contribution < 1.29 is 9.84 Å². The highest BCUT2D eigenvalue weighted by Crippen LogP contribution is 2.28. The number of nitrogens with zero attached hydrogens (tertiary/aromatic N) is 1. The summed E-state index contributed by atoms with van der Waals surface area (Å²) in [5.74, 6) is 0.979. The van der Waals surface area contributed by atoms with Gasteiger partial charge in [0.25, 0.3) is 0 Å². The summed E-state index contributed by atoms with van der Waals surface area (Å²) in [7, 11) is 0. The van der Waals surface area contributed by atoms with Crippen LogP contribution in [0, 0.1) is 0 Å². The van der Waals surface area contributed by atoms with Crippen molar-refractivity contribution in [3.05, 3.63) is 48.0 Å². The molecular formula is C15H15NO2S. The molecule has 0 aliphatic heterocycles. The summed E-state index contributed by atoms with van der Waals surface area (Å²) in [5, 5.41) is 9.64. The van der Waals surface area contributed by atoms with Crippen LogP contribution >= 0.6 is 12.6 Å². The van der Waals surface area contributed by atoms with Gasteiger partial charge in [0, 0.05) is 16.7 Å². The van der Waals surface area contributed by atoms with E-state index in [4.69, 9.17) is 4.74 Å². The number of aliphatic imine (C=N–C) groups is 1. The third-order valence-electron chi connectivity index (χ3n) is 2.54. The second-order valence-corrected chi connectivity index (χ2v) is 4.38. The van der Waals surface area contributed by atoms with Crippen LogP contribution in [-0.4, -0.2) is 17.9 Å². The second kappa shape index (κ2) is 6.29. The fraction of sp³-hybridized carbons (Fsp3) is 0.133. The summed E-state index contributed by atoms with van der Waals surface area (Å²) < 4.78 is 5.38. The number of aromatic hydroxyl groups is 1. The zero-order valence-corrected chi connectivity index (χ0v) is 11.5. The number of phenols is 1. The quantitative estimate of drug-likeness (QED) is 0.656. The largest absolute Gasteiger partial charge is 0.507 e. The Morgan fingerprint density at radius 1 is 1.26 bits per heavy atom. The standard InChI is InChI=1S/C15H15NO2S/c1-2-18-12-7-8-13(15(19)9-12)16-10-11-5-3-4-6-14(11)17/h3-10,17,19H,2H2,1H3. The van der Waals surface area contributed by atoms with E-state index in [1.807, 2.05) is 31.2 Å². The zero-order valence-electron chi connectivity index (χ0n) is 10.6. The van der Waals surface area contributed by atoms with E-state index >= 15 is 0 Å². The van der Waals surface area contributed by atoms with Crippen LogP contribution in [-0.2, 0) is 0 Å². The maximum Gasteiger partial charge on any atom is 0.124 e. The maximum atomic E-state index is 9.64. The number of rotatable bonds is 4. The first-order valence-corrected chi connectivity index (χ1v) is 6.43. The normalized spacial score (nSPS) is 10.8. The van der Waals surface area contributed by atoms with Crippen molar-refractivity contribution in [1.82, 2.24) is 0 Å². The summed E-state index contributed by atoms with van der Waals surface area (Å²) in [5.41, 5.74) is 1.40. The lowest BCUT2D eigenvalue weighted by Crippen LogP contribution is -1.90. The molecule has 3 nitrogen and oxygen atoms in total. The molecule has 0 heterocycles. The van der Waals surface area contributed by atoms with Crippen LogP contribution in [0.1, 0.15) is 12.5 Å². The van der Waals surface area contributed by atoms with Gasteiger partial charge in [0.2, 0.25) is 0 Å². The zero-order chi connectivity index (χ0) is 13.7. The predicted octanol–water partition coefficient (Wildman–Crippen LogP) is 3.83. The van der Waals surface area contributed by atoms with E-state index in [1.165, 1.54) is 0 Å². The summed E-state index contributed by atoms with van der Waals surface area (Å²) in [4.78, 5) is 5.06. The van der Waals surface area contributed by atoms with Crippen LogP contribution in [0.5, 0.6) is 11.5 Å². The van der Waals surface area contributed by atoms with Gasteiger partial charge in [0.15, 0.2) is 0 Å². The Balaban J connectivity index is 2.22. The van der Waals surface area contributed by atoms with Crippen molar-refractivity contribution in [1.29, 1.82) is 0 Å². The fourth-order valence-electron chi connectivity index (χ4n) is 1.60. The molecule has 0 amide bonds. The fourth-order valence-corrected chi connectivity index (χ4v) is 1.86. The van der Waals surface area contributed by atoms with Crippen molar-refractivity contribution in [2.24, 2.45) is 4.99 Å². The van der Waals surface area contributed by atoms with E-state index < -0.39 is 0 Å². The molecule has 0 bridgehead atoms. The highest BCUT2D eigenvalue weighted by molar-refractivity contribution is 7.80. The molecule has 0 aromatic heterocycles. The van der Waals surface area contributed by atoms with Crippen LogP contribution in [0.2, 0.25) is 0 Å². The number of phenolic OH excluding ortho intramolecular Hbond substituents is 1. The van der Waals surface area contributed by atoms with E-state index in [0.717, 1.165) is 16.3 Å². The number of ether oxygens (including phenoxy) is 1. The molecule has 19 heavy (non-hydrogen) atoms.